The number of halogens is 2. The lowest BCUT2D eigenvalue weighted by molar-refractivity contribution is 0.0746. The summed E-state index contributed by atoms with van der Waals surface area (Å²) in [5.41, 5.74) is 0.627. The molecule has 0 aromatic heterocycles. The van der Waals surface area contributed by atoms with Gasteiger partial charge in [0.2, 0.25) is 10.0 Å². The second-order valence-corrected chi connectivity index (χ2v) is 9.75. The van der Waals surface area contributed by atoms with Crippen molar-refractivity contribution in [3.63, 3.8) is 0 Å². The Morgan fingerprint density at radius 3 is 2.16 bits per heavy atom. The molecule has 1 amide bonds. The van der Waals surface area contributed by atoms with E-state index in [1.165, 1.54) is 16.4 Å². The average Bonchev–Trinajstić information content (AvgIpc) is 2.80. The fourth-order valence-electron chi connectivity index (χ4n) is 4.12. The van der Waals surface area contributed by atoms with E-state index >= 15 is 0 Å². The smallest absolute Gasteiger partial charge is 0.254 e. The van der Waals surface area contributed by atoms with Crippen LogP contribution < -0.4 is 4.90 Å². The summed E-state index contributed by atoms with van der Waals surface area (Å²) < 4.78 is 55.6. The van der Waals surface area contributed by atoms with Gasteiger partial charge in [-0.25, -0.2) is 17.2 Å². The number of carbonyl (C=O) groups excluding carboxylic acids is 1. The predicted molar refractivity (Wildman–Crippen MR) is 114 cm³/mol. The molecule has 0 bridgehead atoms. The summed E-state index contributed by atoms with van der Waals surface area (Å²) in [6, 6.07) is 9.99. The second kappa shape index (κ2) is 8.92. The van der Waals surface area contributed by atoms with Gasteiger partial charge in [-0.05, 0) is 43.2 Å². The van der Waals surface area contributed by atoms with Gasteiger partial charge in [-0.1, -0.05) is 18.6 Å². The van der Waals surface area contributed by atoms with E-state index in [-0.39, 0.29) is 17.3 Å². The van der Waals surface area contributed by atoms with Crippen molar-refractivity contribution in [1.82, 2.24) is 9.21 Å². The first-order valence-electron chi connectivity index (χ1n) is 10.5. The summed E-state index contributed by atoms with van der Waals surface area (Å²) in [7, 11) is -3.99. The van der Waals surface area contributed by atoms with Crippen LogP contribution in [0, 0.1) is 11.6 Å². The lowest BCUT2D eigenvalue weighted by Gasteiger charge is -2.36. The molecule has 9 heteroatoms. The van der Waals surface area contributed by atoms with Crippen LogP contribution in [0.4, 0.5) is 14.5 Å². The second-order valence-electron chi connectivity index (χ2n) is 7.84. The zero-order chi connectivity index (χ0) is 22.0. The molecule has 2 aliphatic rings. The molecule has 4 rings (SSSR count). The van der Waals surface area contributed by atoms with Gasteiger partial charge >= 0.3 is 0 Å². The van der Waals surface area contributed by atoms with Crippen molar-refractivity contribution >= 4 is 21.6 Å². The van der Waals surface area contributed by atoms with Crippen molar-refractivity contribution in [3.05, 3.63) is 59.7 Å². The van der Waals surface area contributed by atoms with Crippen LogP contribution in [0.3, 0.4) is 0 Å². The molecule has 0 spiro atoms. The van der Waals surface area contributed by atoms with E-state index in [0.717, 1.165) is 31.4 Å². The maximum Gasteiger partial charge on any atom is 0.254 e. The van der Waals surface area contributed by atoms with Gasteiger partial charge in [0.05, 0.1) is 5.69 Å². The van der Waals surface area contributed by atoms with E-state index in [4.69, 9.17) is 0 Å². The lowest BCUT2D eigenvalue weighted by atomic mass is 10.1. The zero-order valence-corrected chi connectivity index (χ0v) is 18.0. The molecular weight excluding hydrogens is 424 g/mol. The van der Waals surface area contributed by atoms with Crippen LogP contribution in [0.1, 0.15) is 29.6 Å². The SMILES string of the molecule is O=C(c1ccc(F)c(S(=O)(=O)N2CCCCC2)c1)N1CCN(c2ccccc2F)CC1. The average molecular weight is 450 g/mol. The molecule has 6 nitrogen and oxygen atoms in total. The number of piperidine rings is 1. The molecule has 2 aliphatic heterocycles. The summed E-state index contributed by atoms with van der Waals surface area (Å²) in [5, 5.41) is 0. The fourth-order valence-corrected chi connectivity index (χ4v) is 5.73. The maximum absolute atomic E-state index is 14.4. The molecule has 166 valence electrons. The van der Waals surface area contributed by atoms with Crippen molar-refractivity contribution < 1.29 is 22.0 Å². The van der Waals surface area contributed by atoms with E-state index in [0.29, 0.717) is 45.0 Å². The number of hydrogen-bond acceptors (Lipinski definition) is 4. The molecular formula is C22H25F2N3O3S. The van der Waals surface area contributed by atoms with Crippen molar-refractivity contribution in [3.8, 4) is 0 Å². The van der Waals surface area contributed by atoms with Crippen LogP contribution in [0.5, 0.6) is 0 Å². The van der Waals surface area contributed by atoms with Crippen molar-refractivity contribution in [1.29, 1.82) is 0 Å². The molecule has 0 N–H and O–H groups in total. The highest BCUT2D eigenvalue weighted by molar-refractivity contribution is 7.89. The number of sulfonamides is 1. The number of nitrogens with zero attached hydrogens (tertiary/aromatic N) is 3. The molecule has 0 aliphatic carbocycles. The largest absolute Gasteiger partial charge is 0.366 e. The van der Waals surface area contributed by atoms with Crippen molar-refractivity contribution in [2.24, 2.45) is 0 Å². The van der Waals surface area contributed by atoms with Gasteiger partial charge in [-0.3, -0.25) is 4.79 Å². The van der Waals surface area contributed by atoms with Crippen molar-refractivity contribution in [2.45, 2.75) is 24.2 Å². The molecule has 0 atom stereocenters. The molecule has 2 heterocycles. The monoisotopic (exact) mass is 449 g/mol. The van der Waals surface area contributed by atoms with E-state index in [9.17, 15) is 22.0 Å². The Balaban J connectivity index is 1.50. The first-order chi connectivity index (χ1) is 14.9. The third-order valence-corrected chi connectivity index (χ3v) is 7.78. The van der Waals surface area contributed by atoms with Crippen LogP contribution in [-0.2, 0) is 10.0 Å². The van der Waals surface area contributed by atoms with Gasteiger partial charge in [0.25, 0.3) is 5.91 Å². The Hall–Kier alpha value is -2.52. The number of piperazine rings is 1. The minimum atomic E-state index is -3.99. The topological polar surface area (TPSA) is 60.9 Å². The molecule has 2 fully saturated rings. The Morgan fingerprint density at radius 1 is 0.806 bits per heavy atom. The predicted octanol–water partition coefficient (Wildman–Crippen LogP) is 3.10. The highest BCUT2D eigenvalue weighted by atomic mass is 32.2. The highest BCUT2D eigenvalue weighted by Crippen LogP contribution is 2.25. The van der Waals surface area contributed by atoms with Gasteiger partial charge in [-0.2, -0.15) is 4.31 Å². The first-order valence-corrected chi connectivity index (χ1v) is 11.9. The highest BCUT2D eigenvalue weighted by Gasteiger charge is 2.30. The number of para-hydroxylation sites is 1. The Morgan fingerprint density at radius 2 is 1.48 bits per heavy atom. The summed E-state index contributed by atoms with van der Waals surface area (Å²) in [5.74, 6) is -1.52. The maximum atomic E-state index is 14.4. The fraction of sp³-hybridized carbons (Fsp3) is 0.409. The summed E-state index contributed by atoms with van der Waals surface area (Å²) in [6.07, 6.45) is 2.43. The number of carbonyl (C=O) groups is 1. The Kier molecular flexibility index (Phi) is 6.24. The molecule has 0 unspecified atom stereocenters. The van der Waals surface area contributed by atoms with Crippen LogP contribution >= 0.6 is 0 Å². The van der Waals surface area contributed by atoms with Crippen LogP contribution in [0.15, 0.2) is 47.4 Å². The third-order valence-electron chi connectivity index (χ3n) is 5.87. The number of benzene rings is 2. The standard InChI is InChI=1S/C22H25F2N3O3S/c23-18-6-2-3-7-20(18)25-12-14-26(15-13-25)22(28)17-8-9-19(24)21(16-17)31(29,30)27-10-4-1-5-11-27/h2-3,6-9,16H,1,4-5,10-15H2. The van der Waals surface area contributed by atoms with Gasteiger partial charge in [0.1, 0.15) is 16.5 Å². The van der Waals surface area contributed by atoms with Gasteiger partial charge in [0, 0.05) is 44.8 Å². The number of rotatable bonds is 4. The van der Waals surface area contributed by atoms with Gasteiger partial charge in [0.15, 0.2) is 0 Å². The summed E-state index contributed by atoms with van der Waals surface area (Å²) in [6.45, 7) is 2.34. The zero-order valence-electron chi connectivity index (χ0n) is 17.1. The number of amides is 1. The van der Waals surface area contributed by atoms with E-state index in [1.54, 1.807) is 23.1 Å². The first kappa shape index (κ1) is 21.7. The summed E-state index contributed by atoms with van der Waals surface area (Å²) in [4.78, 5) is 16.0. The third kappa shape index (κ3) is 4.43. The van der Waals surface area contributed by atoms with Crippen LogP contribution in [0.25, 0.3) is 0 Å². The van der Waals surface area contributed by atoms with Crippen LogP contribution in [0.2, 0.25) is 0 Å². The van der Waals surface area contributed by atoms with E-state index in [1.807, 2.05) is 4.90 Å². The van der Waals surface area contributed by atoms with Gasteiger partial charge < -0.3 is 9.80 Å². The summed E-state index contributed by atoms with van der Waals surface area (Å²) >= 11 is 0. The molecule has 31 heavy (non-hydrogen) atoms. The number of anilines is 1. The van der Waals surface area contributed by atoms with E-state index < -0.39 is 20.7 Å². The lowest BCUT2D eigenvalue weighted by Crippen LogP contribution is -2.49. The number of hydrogen-bond donors (Lipinski definition) is 0. The van der Waals surface area contributed by atoms with E-state index in [2.05, 4.69) is 0 Å². The minimum absolute atomic E-state index is 0.135. The quantitative estimate of drug-likeness (QED) is 0.720. The van der Waals surface area contributed by atoms with Crippen LogP contribution in [-0.4, -0.2) is 62.8 Å². The Labute approximate surface area is 181 Å². The van der Waals surface area contributed by atoms with Crippen molar-refractivity contribution in [2.75, 3.05) is 44.2 Å². The van der Waals surface area contributed by atoms with Gasteiger partial charge in [-0.15, -0.1) is 0 Å². The normalized spacial score (nSPS) is 18.3. The molecule has 0 saturated carbocycles. The molecule has 2 aromatic carbocycles. The molecule has 2 saturated heterocycles. The Bertz CT molecular complexity index is 1060. The minimum Gasteiger partial charge on any atom is -0.366 e. The molecule has 0 radical (unpaired) electrons. The molecule has 2 aromatic rings.